The van der Waals surface area contributed by atoms with Crippen LogP contribution in [0.4, 0.5) is 5.82 Å². The van der Waals surface area contributed by atoms with Gasteiger partial charge in [-0.1, -0.05) is 35.0 Å². The molecule has 0 aromatic carbocycles. The summed E-state index contributed by atoms with van der Waals surface area (Å²) in [4.78, 5) is 16.2. The van der Waals surface area contributed by atoms with Crippen molar-refractivity contribution in [3.63, 3.8) is 0 Å². The minimum absolute atomic E-state index is 0.230. The van der Waals surface area contributed by atoms with Crippen LogP contribution in [0, 0.1) is 0 Å². The number of anilines is 1. The number of nitrogens with one attached hydrogen (secondary N) is 1. The van der Waals surface area contributed by atoms with Gasteiger partial charge in [0.05, 0.1) is 21.3 Å². The molecule has 3 rings (SSSR count). The first kappa shape index (κ1) is 15.5. The molecule has 0 saturated heterocycles. The number of hydrogen-bond donors (Lipinski definition) is 1. The minimum Gasteiger partial charge on any atom is -0.308 e. The second kappa shape index (κ2) is 6.39. The van der Waals surface area contributed by atoms with Crippen LogP contribution in [0.25, 0.3) is 0 Å². The molecule has 22 heavy (non-hydrogen) atoms. The zero-order chi connectivity index (χ0) is 15.7. The molecule has 1 atom stereocenters. The number of amides is 1. The van der Waals surface area contributed by atoms with E-state index in [1.807, 2.05) is 0 Å². The Balaban J connectivity index is 1.65. The second-order valence-corrected chi connectivity index (χ2v) is 7.02. The molecule has 1 N–H and O–H groups in total. The topological polar surface area (TPSA) is 85.6 Å². The van der Waals surface area contributed by atoms with Gasteiger partial charge in [0.15, 0.2) is 5.82 Å². The van der Waals surface area contributed by atoms with Gasteiger partial charge in [-0.25, -0.2) is 9.67 Å². The molecule has 116 valence electrons. The lowest BCUT2D eigenvalue weighted by Gasteiger charge is -2.11. The van der Waals surface area contributed by atoms with Gasteiger partial charge < -0.3 is 5.32 Å². The molecular weight excluding hydrogens is 347 g/mol. The number of carbonyl (C=O) groups excluding carboxylic acids is 1. The molecule has 0 aliphatic heterocycles. The second-order valence-electron chi connectivity index (χ2n) is 4.87. The van der Waals surface area contributed by atoms with Gasteiger partial charge in [0.25, 0.3) is 0 Å². The number of aromatic nitrogens is 5. The first-order valence-electron chi connectivity index (χ1n) is 6.61. The van der Waals surface area contributed by atoms with Crippen LogP contribution in [0.3, 0.4) is 0 Å². The van der Waals surface area contributed by atoms with Gasteiger partial charge in [0.1, 0.15) is 0 Å². The SMILES string of the molecule is CC(Sc1nnnn1C1CC1)C(=O)Nc1ncc(Cl)cc1Cl. The number of carbonyl (C=O) groups is 1. The van der Waals surface area contributed by atoms with Crippen LogP contribution in [0.2, 0.25) is 10.0 Å². The maximum atomic E-state index is 12.2. The van der Waals surface area contributed by atoms with Crippen LogP contribution >= 0.6 is 35.0 Å². The Morgan fingerprint density at radius 3 is 2.95 bits per heavy atom. The zero-order valence-electron chi connectivity index (χ0n) is 11.5. The van der Waals surface area contributed by atoms with E-state index in [0.717, 1.165) is 12.8 Å². The third-order valence-electron chi connectivity index (χ3n) is 3.06. The van der Waals surface area contributed by atoms with Gasteiger partial charge in [-0.3, -0.25) is 4.79 Å². The van der Waals surface area contributed by atoms with E-state index in [1.165, 1.54) is 24.0 Å². The summed E-state index contributed by atoms with van der Waals surface area (Å²) in [6.45, 7) is 1.77. The fourth-order valence-corrected chi connectivity index (χ4v) is 3.03. The highest BCUT2D eigenvalue weighted by molar-refractivity contribution is 8.00. The predicted octanol–water partition coefficient (Wildman–Crippen LogP) is 2.83. The Labute approximate surface area is 140 Å². The highest BCUT2D eigenvalue weighted by atomic mass is 35.5. The van der Waals surface area contributed by atoms with Gasteiger partial charge in [0.2, 0.25) is 11.1 Å². The van der Waals surface area contributed by atoms with Crippen LogP contribution in [-0.2, 0) is 4.79 Å². The molecule has 1 aliphatic carbocycles. The third kappa shape index (κ3) is 3.50. The summed E-state index contributed by atoms with van der Waals surface area (Å²) in [6.07, 6.45) is 3.57. The fraction of sp³-hybridized carbons (Fsp3) is 0.417. The molecule has 1 saturated carbocycles. The number of halogens is 2. The zero-order valence-corrected chi connectivity index (χ0v) is 13.9. The van der Waals surface area contributed by atoms with Crippen LogP contribution in [0.5, 0.6) is 0 Å². The van der Waals surface area contributed by atoms with Crippen LogP contribution in [0.15, 0.2) is 17.4 Å². The summed E-state index contributed by atoms with van der Waals surface area (Å²) in [6, 6.07) is 1.89. The number of hydrogen-bond acceptors (Lipinski definition) is 6. The molecule has 1 aliphatic rings. The lowest BCUT2D eigenvalue weighted by Crippen LogP contribution is -2.23. The number of thioether (sulfide) groups is 1. The molecule has 2 aromatic rings. The highest BCUT2D eigenvalue weighted by Gasteiger charge is 2.29. The smallest absolute Gasteiger partial charge is 0.238 e. The lowest BCUT2D eigenvalue weighted by molar-refractivity contribution is -0.115. The summed E-state index contributed by atoms with van der Waals surface area (Å²) in [7, 11) is 0. The summed E-state index contributed by atoms with van der Waals surface area (Å²) in [5, 5.41) is 15.2. The number of nitrogens with zero attached hydrogens (tertiary/aromatic N) is 5. The number of rotatable bonds is 5. The summed E-state index contributed by atoms with van der Waals surface area (Å²) >= 11 is 13.1. The van der Waals surface area contributed by atoms with Crippen LogP contribution in [-0.4, -0.2) is 36.3 Å². The van der Waals surface area contributed by atoms with Crippen molar-refractivity contribution in [1.82, 2.24) is 25.2 Å². The molecule has 0 bridgehead atoms. The molecule has 7 nitrogen and oxygen atoms in total. The molecule has 2 heterocycles. The Bertz CT molecular complexity index is 705. The molecule has 2 aromatic heterocycles. The molecule has 1 fully saturated rings. The Morgan fingerprint density at radius 2 is 2.27 bits per heavy atom. The molecule has 1 unspecified atom stereocenters. The Kier molecular flexibility index (Phi) is 4.51. The largest absolute Gasteiger partial charge is 0.308 e. The predicted molar refractivity (Wildman–Crippen MR) is 84.3 cm³/mol. The van der Waals surface area contributed by atoms with Gasteiger partial charge in [0, 0.05) is 6.20 Å². The van der Waals surface area contributed by atoms with Crippen molar-refractivity contribution in [2.45, 2.75) is 36.2 Å². The maximum absolute atomic E-state index is 12.2. The number of tetrazole rings is 1. The van der Waals surface area contributed by atoms with E-state index < -0.39 is 5.25 Å². The monoisotopic (exact) mass is 358 g/mol. The van der Waals surface area contributed by atoms with Crippen LogP contribution in [0.1, 0.15) is 25.8 Å². The molecule has 0 spiro atoms. The quantitative estimate of drug-likeness (QED) is 0.827. The van der Waals surface area contributed by atoms with Gasteiger partial charge >= 0.3 is 0 Å². The molecular formula is C12H12Cl2N6OS. The standard InChI is InChI=1S/C12H12Cl2N6OS/c1-6(22-12-17-18-19-20(12)8-2-3-8)11(21)16-10-9(14)4-7(13)5-15-10/h4-6,8H,2-3H2,1H3,(H,15,16,21). The van der Waals surface area contributed by atoms with Crippen molar-refractivity contribution in [3.05, 3.63) is 22.3 Å². The average Bonchev–Trinajstić information content (AvgIpc) is 3.22. The van der Waals surface area contributed by atoms with Crippen molar-refractivity contribution in [3.8, 4) is 0 Å². The fourth-order valence-electron chi connectivity index (χ4n) is 1.75. The maximum Gasteiger partial charge on any atom is 0.238 e. The first-order valence-corrected chi connectivity index (χ1v) is 8.24. The summed E-state index contributed by atoms with van der Waals surface area (Å²) in [5.74, 6) is 0.0531. The van der Waals surface area contributed by atoms with E-state index in [0.29, 0.717) is 21.2 Å². The first-order chi connectivity index (χ1) is 10.5. The Morgan fingerprint density at radius 1 is 1.50 bits per heavy atom. The van der Waals surface area contributed by atoms with Crippen molar-refractivity contribution in [2.75, 3.05) is 5.32 Å². The average molecular weight is 359 g/mol. The van der Waals surface area contributed by atoms with E-state index in [9.17, 15) is 4.79 Å². The highest BCUT2D eigenvalue weighted by Crippen LogP contribution is 2.37. The normalized spacial score (nSPS) is 15.6. The lowest BCUT2D eigenvalue weighted by atomic mass is 10.4. The summed E-state index contributed by atoms with van der Waals surface area (Å²) < 4.78 is 1.77. The van der Waals surface area contributed by atoms with Crippen molar-refractivity contribution >= 4 is 46.7 Å². The van der Waals surface area contributed by atoms with E-state index in [-0.39, 0.29) is 11.7 Å². The summed E-state index contributed by atoms with van der Waals surface area (Å²) in [5.41, 5.74) is 0. The third-order valence-corrected chi connectivity index (χ3v) is 4.60. The van der Waals surface area contributed by atoms with Gasteiger partial charge in [-0.2, -0.15) is 0 Å². The number of pyridine rings is 1. The van der Waals surface area contributed by atoms with Crippen molar-refractivity contribution < 1.29 is 4.79 Å². The van der Waals surface area contributed by atoms with Crippen molar-refractivity contribution in [2.24, 2.45) is 0 Å². The van der Waals surface area contributed by atoms with E-state index >= 15 is 0 Å². The molecule has 0 radical (unpaired) electrons. The van der Waals surface area contributed by atoms with Crippen molar-refractivity contribution in [1.29, 1.82) is 0 Å². The minimum atomic E-state index is -0.392. The van der Waals surface area contributed by atoms with E-state index in [4.69, 9.17) is 23.2 Å². The van der Waals surface area contributed by atoms with Gasteiger partial charge in [-0.15, -0.1) is 5.10 Å². The Hall–Kier alpha value is -1.38. The molecule has 1 amide bonds. The van der Waals surface area contributed by atoms with E-state index in [2.05, 4.69) is 25.8 Å². The molecule has 10 heteroatoms. The van der Waals surface area contributed by atoms with Gasteiger partial charge in [-0.05, 0) is 36.3 Å². The van der Waals surface area contributed by atoms with E-state index in [1.54, 1.807) is 11.6 Å². The van der Waals surface area contributed by atoms with Crippen LogP contribution < -0.4 is 5.32 Å².